The minimum atomic E-state index is -0.653. The van der Waals surface area contributed by atoms with Gasteiger partial charge >= 0.3 is 5.97 Å². The lowest BCUT2D eigenvalue weighted by Gasteiger charge is -2.04. The van der Waals surface area contributed by atoms with Gasteiger partial charge < -0.3 is 5.11 Å². The van der Waals surface area contributed by atoms with Crippen LogP contribution < -0.4 is 11.3 Å². The number of unbranched alkanes of at least 4 members (excludes halogenated alkanes) is 21. The van der Waals surface area contributed by atoms with E-state index in [9.17, 15) is 4.79 Å². The van der Waals surface area contributed by atoms with Crippen molar-refractivity contribution >= 4 is 5.97 Å². The highest BCUT2D eigenvalue weighted by Gasteiger charge is 1.97. The summed E-state index contributed by atoms with van der Waals surface area (Å²) in [5.74, 6) is 4.61. The lowest BCUT2D eigenvalue weighted by atomic mass is 10.0. The Morgan fingerprint density at radius 2 is 0.724 bits per heavy atom. The molecule has 0 unspecified atom stereocenters. The standard InChI is InChI=1S/C25H52N2O2/c26-27-24-22-20-18-16-14-12-10-8-6-4-2-1-3-5-7-9-11-13-15-17-19-21-23-25(28)29/h27H,1-24,26H2,(H,28,29). The van der Waals surface area contributed by atoms with E-state index in [0.29, 0.717) is 6.42 Å². The van der Waals surface area contributed by atoms with Crippen LogP contribution in [0.1, 0.15) is 148 Å². The highest BCUT2D eigenvalue weighted by molar-refractivity contribution is 5.66. The van der Waals surface area contributed by atoms with Crippen molar-refractivity contribution in [3.8, 4) is 0 Å². The molecular weight excluding hydrogens is 360 g/mol. The molecule has 0 saturated carbocycles. The van der Waals surface area contributed by atoms with Crippen LogP contribution in [0.15, 0.2) is 0 Å². The maximum atomic E-state index is 10.4. The topological polar surface area (TPSA) is 75.3 Å². The number of aliphatic carboxylic acids is 1. The predicted molar refractivity (Wildman–Crippen MR) is 126 cm³/mol. The van der Waals surface area contributed by atoms with Crippen LogP contribution in [-0.4, -0.2) is 17.6 Å². The van der Waals surface area contributed by atoms with Crippen molar-refractivity contribution in [2.24, 2.45) is 5.84 Å². The van der Waals surface area contributed by atoms with Crippen molar-refractivity contribution in [3.05, 3.63) is 0 Å². The summed E-state index contributed by atoms with van der Waals surface area (Å²) < 4.78 is 0. The number of rotatable bonds is 25. The predicted octanol–water partition coefficient (Wildman–Crippen LogP) is 7.51. The summed E-state index contributed by atoms with van der Waals surface area (Å²) in [5, 5.41) is 8.59. The van der Waals surface area contributed by atoms with Gasteiger partial charge in [-0.1, -0.05) is 128 Å². The smallest absolute Gasteiger partial charge is 0.303 e. The molecule has 0 spiro atoms. The normalized spacial score (nSPS) is 11.2. The molecule has 0 aliphatic heterocycles. The van der Waals surface area contributed by atoms with E-state index in [1.807, 2.05) is 0 Å². The van der Waals surface area contributed by atoms with Gasteiger partial charge in [-0.2, -0.15) is 0 Å². The van der Waals surface area contributed by atoms with Crippen LogP contribution in [0.4, 0.5) is 0 Å². The van der Waals surface area contributed by atoms with Crippen molar-refractivity contribution < 1.29 is 9.90 Å². The molecule has 0 bridgehead atoms. The number of carboxylic acid groups (broad SMARTS) is 1. The summed E-state index contributed by atoms with van der Waals surface area (Å²) in [6, 6.07) is 0. The Morgan fingerprint density at radius 3 is 0.966 bits per heavy atom. The maximum absolute atomic E-state index is 10.4. The molecule has 4 N–H and O–H groups in total. The Kier molecular flexibility index (Phi) is 24.9. The van der Waals surface area contributed by atoms with Gasteiger partial charge in [0.05, 0.1) is 0 Å². The van der Waals surface area contributed by atoms with Crippen molar-refractivity contribution in [1.29, 1.82) is 0 Å². The van der Waals surface area contributed by atoms with E-state index >= 15 is 0 Å². The number of carbonyl (C=O) groups is 1. The first-order valence-corrected chi connectivity index (χ1v) is 12.9. The zero-order chi connectivity index (χ0) is 21.3. The first-order chi connectivity index (χ1) is 14.3. The molecule has 0 saturated heterocycles. The third kappa shape index (κ3) is 27.4. The third-order valence-corrected chi connectivity index (χ3v) is 5.96. The van der Waals surface area contributed by atoms with Gasteiger partial charge in [0, 0.05) is 13.0 Å². The molecule has 0 atom stereocenters. The summed E-state index contributed by atoms with van der Waals surface area (Å²) in [7, 11) is 0. The second-order valence-corrected chi connectivity index (χ2v) is 8.88. The van der Waals surface area contributed by atoms with Crippen molar-refractivity contribution in [1.82, 2.24) is 5.43 Å². The number of carboxylic acids is 1. The second kappa shape index (κ2) is 25.4. The van der Waals surface area contributed by atoms with Gasteiger partial charge in [-0.3, -0.25) is 16.1 Å². The van der Waals surface area contributed by atoms with Gasteiger partial charge in [0.15, 0.2) is 0 Å². The molecule has 0 rings (SSSR count). The zero-order valence-electron chi connectivity index (χ0n) is 19.4. The molecule has 29 heavy (non-hydrogen) atoms. The Labute approximate surface area is 181 Å². The number of hydrazine groups is 1. The molecule has 0 aliphatic rings. The minimum Gasteiger partial charge on any atom is -0.481 e. The average molecular weight is 413 g/mol. The van der Waals surface area contributed by atoms with Crippen LogP contribution in [0, 0.1) is 0 Å². The average Bonchev–Trinajstić information content (AvgIpc) is 2.71. The van der Waals surface area contributed by atoms with Crippen LogP contribution in [0.3, 0.4) is 0 Å². The van der Waals surface area contributed by atoms with Crippen LogP contribution in [0.2, 0.25) is 0 Å². The fourth-order valence-corrected chi connectivity index (χ4v) is 4.04. The molecular formula is C25H52N2O2. The SMILES string of the molecule is NNCCCCCCCCCCCCCCCCCCCCCCCCC(=O)O. The van der Waals surface area contributed by atoms with Gasteiger partial charge in [-0.25, -0.2) is 0 Å². The molecule has 0 aromatic rings. The summed E-state index contributed by atoms with van der Waals surface area (Å²) in [6.45, 7) is 0.957. The fraction of sp³-hybridized carbons (Fsp3) is 0.960. The lowest BCUT2D eigenvalue weighted by molar-refractivity contribution is -0.137. The summed E-state index contributed by atoms with van der Waals surface area (Å²) in [6.07, 6.45) is 29.9. The van der Waals surface area contributed by atoms with E-state index in [2.05, 4.69) is 5.43 Å². The molecule has 4 nitrogen and oxygen atoms in total. The minimum absolute atomic E-state index is 0.342. The van der Waals surface area contributed by atoms with Crippen LogP contribution in [0.5, 0.6) is 0 Å². The molecule has 0 aromatic heterocycles. The molecule has 0 amide bonds. The maximum Gasteiger partial charge on any atom is 0.303 e. The van der Waals surface area contributed by atoms with E-state index in [1.54, 1.807) is 0 Å². The molecule has 0 aromatic carbocycles. The van der Waals surface area contributed by atoms with E-state index in [1.165, 1.54) is 128 Å². The number of nitrogens with one attached hydrogen (secondary N) is 1. The van der Waals surface area contributed by atoms with Gasteiger partial charge in [-0.15, -0.1) is 0 Å². The number of hydrogen-bond donors (Lipinski definition) is 3. The first kappa shape index (κ1) is 28.4. The quantitative estimate of drug-likeness (QED) is 0.0823. The van der Waals surface area contributed by atoms with E-state index in [4.69, 9.17) is 10.9 Å². The molecule has 174 valence electrons. The number of hydrogen-bond acceptors (Lipinski definition) is 3. The summed E-state index contributed by atoms with van der Waals surface area (Å²) in [5.41, 5.74) is 2.72. The lowest BCUT2D eigenvalue weighted by Crippen LogP contribution is -2.22. The Morgan fingerprint density at radius 1 is 0.483 bits per heavy atom. The summed E-state index contributed by atoms with van der Waals surface area (Å²) >= 11 is 0. The monoisotopic (exact) mass is 412 g/mol. The molecule has 4 heteroatoms. The van der Waals surface area contributed by atoms with Crippen LogP contribution >= 0.6 is 0 Å². The van der Waals surface area contributed by atoms with Crippen LogP contribution in [0.25, 0.3) is 0 Å². The zero-order valence-corrected chi connectivity index (χ0v) is 19.4. The fourth-order valence-electron chi connectivity index (χ4n) is 4.04. The Balaban J connectivity index is 2.99. The van der Waals surface area contributed by atoms with E-state index in [0.717, 1.165) is 19.4 Å². The van der Waals surface area contributed by atoms with E-state index < -0.39 is 5.97 Å². The Bertz CT molecular complexity index is 324. The highest BCUT2D eigenvalue weighted by Crippen LogP contribution is 2.15. The van der Waals surface area contributed by atoms with Gasteiger partial charge in [0.2, 0.25) is 0 Å². The molecule has 0 radical (unpaired) electrons. The molecule has 0 heterocycles. The van der Waals surface area contributed by atoms with Crippen molar-refractivity contribution in [2.45, 2.75) is 148 Å². The van der Waals surface area contributed by atoms with Gasteiger partial charge in [0.1, 0.15) is 0 Å². The third-order valence-electron chi connectivity index (χ3n) is 5.96. The number of nitrogens with two attached hydrogens (primary N) is 1. The largest absolute Gasteiger partial charge is 0.481 e. The van der Waals surface area contributed by atoms with Gasteiger partial charge in [-0.05, 0) is 12.8 Å². The van der Waals surface area contributed by atoms with Crippen molar-refractivity contribution in [2.75, 3.05) is 6.54 Å². The Hall–Kier alpha value is -0.610. The van der Waals surface area contributed by atoms with E-state index in [-0.39, 0.29) is 0 Å². The molecule has 0 fully saturated rings. The van der Waals surface area contributed by atoms with Crippen LogP contribution in [-0.2, 0) is 4.79 Å². The first-order valence-electron chi connectivity index (χ1n) is 12.9. The highest BCUT2D eigenvalue weighted by atomic mass is 16.4. The summed E-state index contributed by atoms with van der Waals surface area (Å²) in [4.78, 5) is 10.4. The molecule has 0 aliphatic carbocycles. The van der Waals surface area contributed by atoms with Gasteiger partial charge in [0.25, 0.3) is 0 Å². The second-order valence-electron chi connectivity index (χ2n) is 8.88. The van der Waals surface area contributed by atoms with Crippen molar-refractivity contribution in [3.63, 3.8) is 0 Å².